The van der Waals surface area contributed by atoms with E-state index in [1.807, 2.05) is 0 Å². The standard InChI is InChI=1S/C2H8N2.12C2H4O2.4Fe/c3-1-2-4;12*1-2(3)4;;;;/h1-4H2;12*1H3,(H,3,4);;;;/q;;;;;;;;;;;;;4*+3/p-12. The van der Waals surface area contributed by atoms with Crippen LogP contribution in [-0.2, 0) is 126 Å². The molecule has 0 aliphatic carbocycles. The van der Waals surface area contributed by atoms with Crippen LogP contribution >= 0.6 is 0 Å². The Kier molecular flexibility index (Phi) is 217. The summed E-state index contributed by atoms with van der Waals surface area (Å²) in [6.45, 7) is 12.9. The van der Waals surface area contributed by atoms with Gasteiger partial charge in [-0.05, 0) is 83.1 Å². The first-order chi connectivity index (χ1) is 22.7. The smallest absolute Gasteiger partial charge is 0.550 e. The number of carboxylic acid groups (broad SMARTS) is 12. The molecule has 0 aromatic carbocycles. The number of hydrogen-bond donors (Lipinski definition) is 2. The van der Waals surface area contributed by atoms with Gasteiger partial charge in [0.05, 0.1) is 0 Å². The fraction of sp³-hybridized carbons (Fsp3) is 0.538. The van der Waals surface area contributed by atoms with Gasteiger partial charge in [0.1, 0.15) is 0 Å². The summed E-state index contributed by atoms with van der Waals surface area (Å²) in [7, 11) is 0. The molecule has 0 saturated carbocycles. The molecular formula is C26H44Fe4N2O24. The zero-order valence-corrected chi connectivity index (χ0v) is 36.2. The van der Waals surface area contributed by atoms with Crippen molar-refractivity contribution in [2.45, 2.75) is 83.1 Å². The maximum absolute atomic E-state index is 8.89. The SMILES string of the molecule is CC(=O)[O-].CC(=O)[O-].CC(=O)[O-].CC(=O)[O-].CC(=O)[O-].CC(=O)[O-].CC(=O)[O-].CC(=O)[O-].CC(=O)[O-].CC(=O)[O-].CC(=O)[O-].CC(=O)[O-].NCCN.[Fe+3].[Fe+3].[Fe+3].[Fe+3]. The van der Waals surface area contributed by atoms with Crippen LogP contribution in [0.15, 0.2) is 0 Å². The number of carbonyl (C=O) groups is 12. The molecule has 0 aliphatic heterocycles. The first kappa shape index (κ1) is 110. The van der Waals surface area contributed by atoms with Crippen LogP contribution in [0.3, 0.4) is 0 Å². The average Bonchev–Trinajstić information content (AvgIpc) is 2.74. The molecule has 0 rings (SSSR count). The number of carbonyl (C=O) groups excluding carboxylic acids is 12. The predicted molar refractivity (Wildman–Crippen MR) is 146 cm³/mol. The largest absolute Gasteiger partial charge is 3.00 e. The van der Waals surface area contributed by atoms with E-state index in [0.29, 0.717) is 13.1 Å². The molecule has 4 N–H and O–H groups in total. The Morgan fingerprint density at radius 1 is 0.232 bits per heavy atom. The van der Waals surface area contributed by atoms with Gasteiger partial charge in [0, 0.05) is 84.7 Å². The van der Waals surface area contributed by atoms with Gasteiger partial charge in [-0.3, -0.25) is 0 Å². The molecule has 0 atom stereocenters. The molecule has 0 bridgehead atoms. The minimum Gasteiger partial charge on any atom is -0.550 e. The summed E-state index contributed by atoms with van der Waals surface area (Å²) in [5.74, 6) is -13.0. The van der Waals surface area contributed by atoms with Gasteiger partial charge in [-0.1, -0.05) is 0 Å². The first-order valence-electron chi connectivity index (χ1n) is 12.2. The Morgan fingerprint density at radius 3 is 0.250 bits per heavy atom. The molecule has 30 heteroatoms. The Hall–Kier alpha value is -4.36. The predicted octanol–water partition coefficient (Wildman–Crippen LogP) is -16.0. The Labute approximate surface area is 364 Å². The molecular weight excluding hydrogens is 948 g/mol. The number of carboxylic acids is 12. The second-order valence-electron chi connectivity index (χ2n) is 6.48. The van der Waals surface area contributed by atoms with Gasteiger partial charge in [0.2, 0.25) is 0 Å². The van der Waals surface area contributed by atoms with E-state index in [1.54, 1.807) is 0 Å². The third-order valence-corrected chi connectivity index (χ3v) is 0.167. The number of hydrogen-bond acceptors (Lipinski definition) is 26. The average molecular weight is 992 g/mol. The van der Waals surface area contributed by atoms with E-state index in [2.05, 4.69) is 0 Å². The Morgan fingerprint density at radius 2 is 0.250 bits per heavy atom. The van der Waals surface area contributed by atoms with Crippen molar-refractivity contribution in [3.63, 3.8) is 0 Å². The Bertz CT molecular complexity index is 646. The van der Waals surface area contributed by atoms with E-state index >= 15 is 0 Å². The number of rotatable bonds is 1. The zero-order chi connectivity index (χ0) is 46.3. The molecule has 26 nitrogen and oxygen atoms in total. The fourth-order valence-corrected chi connectivity index (χ4v) is 0. The van der Waals surface area contributed by atoms with Crippen molar-refractivity contribution < 1.29 is 187 Å². The van der Waals surface area contributed by atoms with Crippen LogP contribution in [0.5, 0.6) is 0 Å². The van der Waals surface area contributed by atoms with Crippen molar-refractivity contribution in [2.24, 2.45) is 11.5 Å². The van der Waals surface area contributed by atoms with Crippen LogP contribution in [-0.4, -0.2) is 84.7 Å². The second-order valence-corrected chi connectivity index (χ2v) is 6.48. The van der Waals surface area contributed by atoms with Gasteiger partial charge in [0.15, 0.2) is 0 Å². The second kappa shape index (κ2) is 110. The maximum Gasteiger partial charge on any atom is 3.00 e. The maximum atomic E-state index is 8.89. The molecule has 0 aromatic rings. The minimum absolute atomic E-state index is 0. The van der Waals surface area contributed by atoms with E-state index in [1.165, 1.54) is 0 Å². The topological polar surface area (TPSA) is 534 Å². The Balaban J connectivity index is -0.0000000195. The monoisotopic (exact) mass is 992 g/mol. The molecule has 4 radical (unpaired) electrons. The summed E-state index contributed by atoms with van der Waals surface area (Å²) >= 11 is 0. The number of aliphatic carboxylic acids is 12. The van der Waals surface area contributed by atoms with Crippen LogP contribution < -0.4 is 72.7 Å². The van der Waals surface area contributed by atoms with E-state index in [4.69, 9.17) is 130 Å². The summed E-state index contributed by atoms with van der Waals surface area (Å²) in [5.41, 5.74) is 9.81. The quantitative estimate of drug-likeness (QED) is 0.230. The molecule has 0 spiro atoms. The summed E-state index contributed by atoms with van der Waals surface area (Å²) in [5, 5.41) is 107. The van der Waals surface area contributed by atoms with Gasteiger partial charge in [-0.15, -0.1) is 0 Å². The molecule has 0 amide bonds. The van der Waals surface area contributed by atoms with Gasteiger partial charge in [0.25, 0.3) is 0 Å². The summed E-state index contributed by atoms with van der Waals surface area (Å²) in [4.78, 5) is 107. The summed E-state index contributed by atoms with van der Waals surface area (Å²) in [6, 6.07) is 0. The summed E-state index contributed by atoms with van der Waals surface area (Å²) in [6.07, 6.45) is 0. The van der Waals surface area contributed by atoms with Crippen LogP contribution in [0.2, 0.25) is 0 Å². The normalized spacial score (nSPS) is 5.89. The van der Waals surface area contributed by atoms with Gasteiger partial charge in [-0.2, -0.15) is 0 Å². The van der Waals surface area contributed by atoms with Gasteiger partial charge >= 0.3 is 68.3 Å². The van der Waals surface area contributed by atoms with Crippen LogP contribution in [0.25, 0.3) is 0 Å². The van der Waals surface area contributed by atoms with Crippen molar-refractivity contribution in [3.8, 4) is 0 Å². The minimum atomic E-state index is -1.08. The molecule has 56 heavy (non-hydrogen) atoms. The van der Waals surface area contributed by atoms with E-state index in [-0.39, 0.29) is 68.3 Å². The van der Waals surface area contributed by atoms with Crippen molar-refractivity contribution in [2.75, 3.05) is 13.1 Å². The molecule has 0 aliphatic rings. The van der Waals surface area contributed by atoms with Gasteiger partial charge < -0.3 is 130 Å². The molecule has 0 aromatic heterocycles. The van der Waals surface area contributed by atoms with Crippen molar-refractivity contribution in [1.82, 2.24) is 0 Å². The first-order valence-corrected chi connectivity index (χ1v) is 12.2. The van der Waals surface area contributed by atoms with Crippen LogP contribution in [0, 0.1) is 0 Å². The van der Waals surface area contributed by atoms with Crippen molar-refractivity contribution >= 4 is 71.6 Å². The third-order valence-electron chi connectivity index (χ3n) is 0.167. The van der Waals surface area contributed by atoms with Crippen molar-refractivity contribution in [3.05, 3.63) is 0 Å². The van der Waals surface area contributed by atoms with E-state index < -0.39 is 71.6 Å². The summed E-state index contributed by atoms with van der Waals surface area (Å²) < 4.78 is 0. The third kappa shape index (κ3) is 10400. The van der Waals surface area contributed by atoms with Crippen LogP contribution in [0.4, 0.5) is 0 Å². The fourth-order valence-electron chi connectivity index (χ4n) is 0. The molecule has 0 heterocycles. The van der Waals surface area contributed by atoms with E-state index in [0.717, 1.165) is 83.1 Å². The molecule has 0 saturated heterocycles. The van der Waals surface area contributed by atoms with Crippen molar-refractivity contribution in [1.29, 1.82) is 0 Å². The molecule has 0 unspecified atom stereocenters. The number of nitrogens with two attached hydrogens (primary N) is 2. The van der Waals surface area contributed by atoms with E-state index in [9.17, 15) is 0 Å². The molecule has 334 valence electrons. The van der Waals surface area contributed by atoms with Gasteiger partial charge in [-0.25, -0.2) is 0 Å². The molecule has 0 fully saturated rings. The van der Waals surface area contributed by atoms with Crippen LogP contribution in [0.1, 0.15) is 83.1 Å². The zero-order valence-electron chi connectivity index (χ0n) is 31.8.